The van der Waals surface area contributed by atoms with Gasteiger partial charge in [-0.1, -0.05) is 0 Å². The number of thiophene rings is 1. The molecule has 4 heteroatoms. The Hall–Kier alpha value is -0.580. The van der Waals surface area contributed by atoms with E-state index in [1.54, 1.807) is 18.4 Å². The quantitative estimate of drug-likeness (QED) is 0.750. The first-order valence-corrected chi connectivity index (χ1v) is 5.19. The highest BCUT2D eigenvalue weighted by atomic mass is 32.1. The molecule has 0 spiro atoms. The summed E-state index contributed by atoms with van der Waals surface area (Å²) in [6.45, 7) is 3.56. The third-order valence-corrected chi connectivity index (χ3v) is 2.79. The van der Waals surface area contributed by atoms with E-state index in [-0.39, 0.29) is 0 Å². The molecule has 13 heavy (non-hydrogen) atoms. The minimum Gasteiger partial charge on any atom is -0.496 e. The van der Waals surface area contributed by atoms with Gasteiger partial charge in [0.25, 0.3) is 0 Å². The fourth-order valence-corrected chi connectivity index (χ4v) is 1.78. The van der Waals surface area contributed by atoms with Crippen LogP contribution in [0.3, 0.4) is 0 Å². The number of ether oxygens (including phenoxy) is 1. The van der Waals surface area contributed by atoms with Gasteiger partial charge in [0.15, 0.2) is 0 Å². The lowest BCUT2D eigenvalue weighted by Gasteiger charge is -2.10. The second-order valence-electron chi connectivity index (χ2n) is 2.93. The highest BCUT2D eigenvalue weighted by molar-refractivity contribution is 7.10. The first-order chi connectivity index (χ1) is 6.27. The molecule has 3 N–H and O–H groups in total. The molecule has 0 aliphatic heterocycles. The molecule has 0 unspecified atom stereocenters. The summed E-state index contributed by atoms with van der Waals surface area (Å²) in [5.74, 6) is 0.960. The van der Waals surface area contributed by atoms with Gasteiger partial charge in [-0.25, -0.2) is 0 Å². The molecule has 0 saturated heterocycles. The van der Waals surface area contributed by atoms with Gasteiger partial charge in [0, 0.05) is 19.1 Å². The van der Waals surface area contributed by atoms with E-state index in [4.69, 9.17) is 10.5 Å². The number of nitrogens with one attached hydrogen (secondary N) is 1. The summed E-state index contributed by atoms with van der Waals surface area (Å²) in [5.41, 5.74) is 5.49. The van der Waals surface area contributed by atoms with Crippen molar-refractivity contribution in [3.63, 3.8) is 0 Å². The van der Waals surface area contributed by atoms with Crippen molar-refractivity contribution in [1.29, 1.82) is 0 Å². The third kappa shape index (κ3) is 2.99. The van der Waals surface area contributed by atoms with Crippen molar-refractivity contribution in [3.8, 4) is 5.75 Å². The molecule has 74 valence electrons. The summed E-state index contributed by atoms with van der Waals surface area (Å²) >= 11 is 1.70. The highest BCUT2D eigenvalue weighted by Gasteiger charge is 2.05. The minimum atomic E-state index is 0.354. The van der Waals surface area contributed by atoms with Crippen molar-refractivity contribution in [1.82, 2.24) is 5.32 Å². The van der Waals surface area contributed by atoms with Crippen LogP contribution >= 0.6 is 11.3 Å². The van der Waals surface area contributed by atoms with Crippen LogP contribution in [0.5, 0.6) is 5.75 Å². The van der Waals surface area contributed by atoms with Crippen LogP contribution in [0.15, 0.2) is 11.4 Å². The molecule has 0 aromatic carbocycles. The van der Waals surface area contributed by atoms with E-state index in [1.807, 2.05) is 11.4 Å². The molecule has 0 fully saturated rings. The molecule has 0 radical (unpaired) electrons. The number of hydrogen-bond acceptors (Lipinski definition) is 4. The fraction of sp³-hybridized carbons (Fsp3) is 0.556. The van der Waals surface area contributed by atoms with Crippen molar-refractivity contribution in [2.45, 2.75) is 19.5 Å². The standard InChI is InChI=1S/C9H16N2OS/c1-7(5-10)11-6-9-8(12-2)3-4-13-9/h3-4,7,11H,5-6,10H2,1-2H3/t7-/m0/s1. The van der Waals surface area contributed by atoms with E-state index in [1.165, 1.54) is 4.88 Å². The van der Waals surface area contributed by atoms with Gasteiger partial charge < -0.3 is 15.8 Å². The van der Waals surface area contributed by atoms with Crippen LogP contribution in [0.25, 0.3) is 0 Å². The maximum atomic E-state index is 5.49. The molecule has 0 saturated carbocycles. The molecule has 1 heterocycles. The Kier molecular flexibility index (Phi) is 4.21. The lowest BCUT2D eigenvalue weighted by Crippen LogP contribution is -2.32. The average Bonchev–Trinajstić information content (AvgIpc) is 2.61. The van der Waals surface area contributed by atoms with Gasteiger partial charge in [0.2, 0.25) is 0 Å². The molecule has 0 aliphatic rings. The van der Waals surface area contributed by atoms with Gasteiger partial charge in [0.1, 0.15) is 5.75 Å². The fourth-order valence-electron chi connectivity index (χ4n) is 0.990. The van der Waals surface area contributed by atoms with Gasteiger partial charge in [-0.15, -0.1) is 11.3 Å². The second kappa shape index (κ2) is 5.21. The molecular weight excluding hydrogens is 184 g/mol. The normalized spacial score (nSPS) is 12.8. The van der Waals surface area contributed by atoms with Gasteiger partial charge in [-0.2, -0.15) is 0 Å². The lowest BCUT2D eigenvalue weighted by molar-refractivity contribution is 0.409. The van der Waals surface area contributed by atoms with Crippen LogP contribution in [0.2, 0.25) is 0 Å². The molecule has 1 aromatic heterocycles. The van der Waals surface area contributed by atoms with Crippen LogP contribution in [0, 0.1) is 0 Å². The highest BCUT2D eigenvalue weighted by Crippen LogP contribution is 2.23. The molecule has 1 atom stereocenters. The van der Waals surface area contributed by atoms with Gasteiger partial charge >= 0.3 is 0 Å². The third-order valence-electron chi connectivity index (χ3n) is 1.89. The first kappa shape index (κ1) is 10.5. The predicted octanol–water partition coefficient (Wildman–Crippen LogP) is 1.19. The Bertz CT molecular complexity index is 250. The Morgan fingerprint density at radius 2 is 2.46 bits per heavy atom. The van der Waals surface area contributed by atoms with E-state index >= 15 is 0 Å². The van der Waals surface area contributed by atoms with E-state index < -0.39 is 0 Å². The zero-order valence-corrected chi connectivity index (χ0v) is 8.86. The average molecular weight is 200 g/mol. The number of hydrogen-bond donors (Lipinski definition) is 2. The van der Waals surface area contributed by atoms with Crippen LogP contribution in [0.4, 0.5) is 0 Å². The van der Waals surface area contributed by atoms with Crippen LogP contribution in [-0.4, -0.2) is 19.7 Å². The number of nitrogens with two attached hydrogens (primary N) is 1. The molecule has 0 aliphatic carbocycles. The Morgan fingerprint density at radius 1 is 1.69 bits per heavy atom. The Morgan fingerprint density at radius 3 is 3.08 bits per heavy atom. The van der Waals surface area contributed by atoms with Crippen molar-refractivity contribution < 1.29 is 4.74 Å². The molecule has 0 bridgehead atoms. The maximum Gasteiger partial charge on any atom is 0.134 e. The van der Waals surface area contributed by atoms with E-state index in [0.29, 0.717) is 12.6 Å². The van der Waals surface area contributed by atoms with Crippen molar-refractivity contribution in [3.05, 3.63) is 16.3 Å². The van der Waals surface area contributed by atoms with E-state index in [0.717, 1.165) is 12.3 Å². The first-order valence-electron chi connectivity index (χ1n) is 4.31. The summed E-state index contributed by atoms with van der Waals surface area (Å²) in [6, 6.07) is 2.33. The van der Waals surface area contributed by atoms with Crippen LogP contribution < -0.4 is 15.8 Å². The zero-order chi connectivity index (χ0) is 9.68. The summed E-state index contributed by atoms with van der Waals surface area (Å²) in [7, 11) is 1.69. The van der Waals surface area contributed by atoms with Gasteiger partial charge in [-0.05, 0) is 18.4 Å². The summed E-state index contributed by atoms with van der Waals surface area (Å²) < 4.78 is 5.19. The predicted molar refractivity (Wildman–Crippen MR) is 56.2 cm³/mol. The smallest absolute Gasteiger partial charge is 0.134 e. The van der Waals surface area contributed by atoms with Crippen molar-refractivity contribution in [2.75, 3.05) is 13.7 Å². The molecule has 3 nitrogen and oxygen atoms in total. The monoisotopic (exact) mass is 200 g/mol. The molecule has 1 aromatic rings. The maximum absolute atomic E-state index is 5.49. The largest absolute Gasteiger partial charge is 0.496 e. The van der Waals surface area contributed by atoms with Crippen LogP contribution in [0.1, 0.15) is 11.8 Å². The number of methoxy groups -OCH3 is 1. The molecular formula is C9H16N2OS. The van der Waals surface area contributed by atoms with Gasteiger partial charge in [-0.3, -0.25) is 0 Å². The Balaban J connectivity index is 2.44. The zero-order valence-electron chi connectivity index (χ0n) is 8.04. The lowest BCUT2D eigenvalue weighted by atomic mass is 10.3. The molecule has 0 amide bonds. The SMILES string of the molecule is COc1ccsc1CN[C@@H](C)CN. The van der Waals surface area contributed by atoms with E-state index in [2.05, 4.69) is 12.2 Å². The van der Waals surface area contributed by atoms with Crippen molar-refractivity contribution >= 4 is 11.3 Å². The van der Waals surface area contributed by atoms with Crippen molar-refractivity contribution in [2.24, 2.45) is 5.73 Å². The Labute approximate surface area is 82.9 Å². The summed E-state index contributed by atoms with van der Waals surface area (Å²) in [4.78, 5) is 1.22. The van der Waals surface area contributed by atoms with Gasteiger partial charge in [0.05, 0.1) is 12.0 Å². The van der Waals surface area contributed by atoms with E-state index in [9.17, 15) is 0 Å². The van der Waals surface area contributed by atoms with Crippen LogP contribution in [-0.2, 0) is 6.54 Å². The summed E-state index contributed by atoms with van der Waals surface area (Å²) in [5, 5.41) is 5.35. The topological polar surface area (TPSA) is 47.3 Å². The molecule has 1 rings (SSSR count). The number of rotatable bonds is 5. The summed E-state index contributed by atoms with van der Waals surface area (Å²) in [6.07, 6.45) is 0. The minimum absolute atomic E-state index is 0.354. The second-order valence-corrected chi connectivity index (χ2v) is 3.93.